The number of ketones is 2. The van der Waals surface area contributed by atoms with Gasteiger partial charge in [-0.2, -0.15) is 0 Å². The van der Waals surface area contributed by atoms with E-state index in [-0.39, 0.29) is 29.7 Å². The molecule has 6 N–H and O–H groups in total. The average molecular weight is 501 g/mol. The summed E-state index contributed by atoms with van der Waals surface area (Å²) in [5, 5.41) is 44.4. The maximum Gasteiger partial charge on any atom is 0.255 e. The van der Waals surface area contributed by atoms with Crippen LogP contribution in [0.3, 0.4) is 0 Å². The molecule has 1 aliphatic heterocycles. The van der Waals surface area contributed by atoms with Gasteiger partial charge in [0, 0.05) is 44.2 Å². The molecule has 5 rings (SSSR count). The standard InChI is InChI=1S/C24H28N4O8/c1-27(2)23-11-7-10-8-12-17(28-3-5-36-6-4-28)19(31)16(22(25)34)21(33)24(12,35)20(32)14(10)18(30)15(11)13(29)9-26-23/h9-10,12,17,29-30,33,35H,3-8H2,1-2H3,(H2,25,34)/t10-,12-,17-,24-/m0/s1. The molecule has 192 valence electrons. The molecule has 0 spiro atoms. The maximum absolute atomic E-state index is 13.9. The Kier molecular flexibility index (Phi) is 5.58. The van der Waals surface area contributed by atoms with Gasteiger partial charge in [-0.3, -0.25) is 19.3 Å². The van der Waals surface area contributed by atoms with E-state index in [0.717, 1.165) is 6.20 Å². The summed E-state index contributed by atoms with van der Waals surface area (Å²) >= 11 is 0. The largest absolute Gasteiger partial charge is 0.508 e. The highest BCUT2D eigenvalue weighted by atomic mass is 16.5. The van der Waals surface area contributed by atoms with E-state index < -0.39 is 58.0 Å². The minimum atomic E-state index is -2.66. The van der Waals surface area contributed by atoms with Gasteiger partial charge in [-0.15, -0.1) is 0 Å². The Morgan fingerprint density at radius 3 is 2.50 bits per heavy atom. The van der Waals surface area contributed by atoms with E-state index in [1.807, 2.05) is 0 Å². The molecule has 36 heavy (non-hydrogen) atoms. The van der Waals surface area contributed by atoms with Crippen molar-refractivity contribution in [2.24, 2.45) is 17.6 Å². The van der Waals surface area contributed by atoms with Crippen molar-refractivity contribution in [2.45, 2.75) is 24.5 Å². The first kappa shape index (κ1) is 24.2. The lowest BCUT2D eigenvalue weighted by Gasteiger charge is -2.51. The normalized spacial score (nSPS) is 30.6. The van der Waals surface area contributed by atoms with Gasteiger partial charge >= 0.3 is 0 Å². The first-order valence-electron chi connectivity index (χ1n) is 11.7. The summed E-state index contributed by atoms with van der Waals surface area (Å²) < 4.78 is 5.38. The van der Waals surface area contributed by atoms with Crippen molar-refractivity contribution in [3.8, 4) is 5.75 Å². The van der Waals surface area contributed by atoms with E-state index in [0.29, 0.717) is 37.7 Å². The Bertz CT molecular complexity index is 1250. The molecule has 12 nitrogen and oxygen atoms in total. The molecule has 4 aliphatic rings. The lowest BCUT2D eigenvalue weighted by atomic mass is 9.57. The van der Waals surface area contributed by atoms with Crippen LogP contribution >= 0.6 is 0 Å². The van der Waals surface area contributed by atoms with E-state index in [4.69, 9.17) is 10.5 Å². The first-order valence-corrected chi connectivity index (χ1v) is 11.7. The number of nitrogens with two attached hydrogens (primary N) is 1. The minimum Gasteiger partial charge on any atom is -0.508 e. The number of aliphatic hydroxyl groups is 3. The summed E-state index contributed by atoms with van der Waals surface area (Å²) in [5.41, 5.74) is 2.28. The second kappa shape index (κ2) is 8.29. The number of aromatic hydroxyl groups is 1. The molecule has 1 amide bonds. The number of hydrogen-bond donors (Lipinski definition) is 5. The van der Waals surface area contributed by atoms with Crippen molar-refractivity contribution in [3.63, 3.8) is 0 Å². The van der Waals surface area contributed by atoms with Crippen LogP contribution in [0.4, 0.5) is 5.82 Å². The molecule has 3 aliphatic carbocycles. The van der Waals surface area contributed by atoms with Crippen LogP contribution in [0.2, 0.25) is 0 Å². The van der Waals surface area contributed by atoms with Crippen LogP contribution in [0.5, 0.6) is 5.75 Å². The predicted octanol–water partition coefficient (Wildman–Crippen LogP) is -0.804. The second-order valence-corrected chi connectivity index (χ2v) is 9.86. The third-order valence-electron chi connectivity index (χ3n) is 7.76. The van der Waals surface area contributed by atoms with Gasteiger partial charge in [-0.25, -0.2) is 4.98 Å². The topological polar surface area (TPSA) is 187 Å². The molecule has 1 aromatic rings. The van der Waals surface area contributed by atoms with Crippen LogP contribution in [0.25, 0.3) is 5.76 Å². The molecule has 1 aromatic heterocycles. The third-order valence-corrected chi connectivity index (χ3v) is 7.76. The highest BCUT2D eigenvalue weighted by molar-refractivity contribution is 6.24. The number of nitrogens with zero attached hydrogens (tertiary/aromatic N) is 3. The fourth-order valence-corrected chi connectivity index (χ4v) is 6.19. The number of ether oxygens (including phenoxy) is 1. The number of fused-ring (bicyclic) bond motifs is 3. The zero-order chi connectivity index (χ0) is 26.1. The van der Waals surface area contributed by atoms with Gasteiger partial charge in [-0.1, -0.05) is 0 Å². The van der Waals surface area contributed by atoms with E-state index in [1.54, 1.807) is 23.9 Å². The van der Waals surface area contributed by atoms with Crippen molar-refractivity contribution in [1.82, 2.24) is 9.88 Å². The Morgan fingerprint density at radius 1 is 1.22 bits per heavy atom. The maximum atomic E-state index is 13.9. The highest BCUT2D eigenvalue weighted by Gasteiger charge is 2.64. The number of anilines is 1. The Morgan fingerprint density at radius 2 is 1.89 bits per heavy atom. The number of primary amides is 1. The van der Waals surface area contributed by atoms with Crippen LogP contribution in [0.15, 0.2) is 23.1 Å². The number of morpholine rings is 1. The van der Waals surface area contributed by atoms with Gasteiger partial charge in [0.15, 0.2) is 11.4 Å². The predicted molar refractivity (Wildman–Crippen MR) is 125 cm³/mol. The Balaban J connectivity index is 1.72. The monoisotopic (exact) mass is 500 g/mol. The number of hydrogen-bond acceptors (Lipinski definition) is 11. The van der Waals surface area contributed by atoms with E-state index in [1.165, 1.54) is 0 Å². The van der Waals surface area contributed by atoms with Crippen LogP contribution in [0, 0.1) is 11.8 Å². The van der Waals surface area contributed by atoms with Gasteiger partial charge in [0.1, 0.15) is 28.7 Å². The van der Waals surface area contributed by atoms with Crippen LogP contribution in [0.1, 0.15) is 17.5 Å². The average Bonchev–Trinajstić information content (AvgIpc) is 2.82. The lowest BCUT2D eigenvalue weighted by Crippen LogP contribution is -2.67. The number of aliphatic hydroxyl groups excluding tert-OH is 2. The molecule has 0 aromatic carbocycles. The van der Waals surface area contributed by atoms with Gasteiger partial charge < -0.3 is 35.8 Å². The second-order valence-electron chi connectivity index (χ2n) is 9.86. The van der Waals surface area contributed by atoms with Gasteiger partial charge in [0.05, 0.1) is 31.0 Å². The van der Waals surface area contributed by atoms with Crippen molar-refractivity contribution >= 4 is 29.1 Å². The number of carbonyl (C=O) groups excluding carboxylic acids is 3. The zero-order valence-electron chi connectivity index (χ0n) is 19.9. The number of aromatic nitrogens is 1. The number of pyridine rings is 1. The Hall–Kier alpha value is -3.48. The molecule has 0 radical (unpaired) electrons. The Labute approximate surface area is 206 Å². The molecule has 0 unspecified atom stereocenters. The van der Waals surface area contributed by atoms with Crippen molar-refractivity contribution in [3.05, 3.63) is 34.2 Å². The van der Waals surface area contributed by atoms with Crippen molar-refractivity contribution < 1.29 is 39.5 Å². The van der Waals surface area contributed by atoms with E-state index >= 15 is 0 Å². The molecule has 1 saturated carbocycles. The van der Waals surface area contributed by atoms with Crippen molar-refractivity contribution in [1.29, 1.82) is 0 Å². The number of amides is 1. The molecular formula is C24H28N4O8. The molecule has 0 bridgehead atoms. The molecule has 12 heteroatoms. The van der Waals surface area contributed by atoms with Crippen LogP contribution in [-0.4, -0.2) is 99.8 Å². The number of carbonyl (C=O) groups is 3. The minimum absolute atomic E-state index is 0.0190. The number of rotatable bonds is 3. The summed E-state index contributed by atoms with van der Waals surface area (Å²) in [6.45, 7) is 1.25. The smallest absolute Gasteiger partial charge is 0.255 e. The van der Waals surface area contributed by atoms with E-state index in [2.05, 4.69) is 4.98 Å². The van der Waals surface area contributed by atoms with Crippen LogP contribution in [-0.2, 0) is 25.5 Å². The highest BCUT2D eigenvalue weighted by Crippen LogP contribution is 2.53. The zero-order valence-corrected chi connectivity index (χ0v) is 19.9. The summed E-state index contributed by atoms with van der Waals surface area (Å²) in [6.07, 6.45) is 1.39. The van der Waals surface area contributed by atoms with E-state index in [9.17, 15) is 34.8 Å². The third kappa shape index (κ3) is 3.18. The molecule has 4 atom stereocenters. The van der Waals surface area contributed by atoms with Gasteiger partial charge in [-0.05, 0) is 18.8 Å². The fraction of sp³-hybridized carbons (Fsp3) is 0.500. The molecular weight excluding hydrogens is 472 g/mol. The lowest BCUT2D eigenvalue weighted by molar-refractivity contribution is -0.157. The first-order chi connectivity index (χ1) is 17.0. The fourth-order valence-electron chi connectivity index (χ4n) is 6.19. The van der Waals surface area contributed by atoms with Gasteiger partial charge in [0.25, 0.3) is 5.91 Å². The van der Waals surface area contributed by atoms with Crippen molar-refractivity contribution in [2.75, 3.05) is 45.3 Å². The quantitative estimate of drug-likeness (QED) is 0.327. The summed E-state index contributed by atoms with van der Waals surface area (Å²) in [7, 11) is 3.51. The summed E-state index contributed by atoms with van der Waals surface area (Å²) in [5.74, 6) is -6.29. The SMILES string of the molecule is CN(C)c1ncc(O)c2c1C[C@H]1C[C@H]3[C@H](N4CCOCC4)C(=O)C(C(N)=O)=C(O)[C@@]3(O)C(=O)C1=C2O. The molecule has 2 fully saturated rings. The molecule has 1 saturated heterocycles. The van der Waals surface area contributed by atoms with Crippen LogP contribution < -0.4 is 10.6 Å². The summed E-state index contributed by atoms with van der Waals surface area (Å²) in [4.78, 5) is 47.3. The number of Topliss-reactive ketones (excluding diaryl/α,β-unsaturated/α-hetero) is 2. The van der Waals surface area contributed by atoms with Gasteiger partial charge in [0.2, 0.25) is 5.78 Å². The molecule has 2 heterocycles. The summed E-state index contributed by atoms with van der Waals surface area (Å²) in [6, 6.07) is -1.11.